The minimum atomic E-state index is -0.534. The van der Waals surface area contributed by atoms with Gasteiger partial charge in [-0.3, -0.25) is 14.8 Å². The van der Waals surface area contributed by atoms with E-state index in [1.807, 2.05) is 30.3 Å². The highest BCUT2D eigenvalue weighted by Gasteiger charge is 2.16. The fourth-order valence-corrected chi connectivity index (χ4v) is 2.40. The van der Waals surface area contributed by atoms with Gasteiger partial charge in [0.15, 0.2) is 0 Å². The number of amides is 2. The van der Waals surface area contributed by atoms with Gasteiger partial charge in [-0.05, 0) is 42.8 Å². The van der Waals surface area contributed by atoms with Crippen LogP contribution < -0.4 is 15.5 Å². The van der Waals surface area contributed by atoms with Crippen LogP contribution in [0.15, 0.2) is 54.6 Å². The molecule has 0 fully saturated rings. The average molecular weight is 388 g/mol. The number of benzene rings is 2. The number of ether oxygens (including phenoxy) is 3. The summed E-state index contributed by atoms with van der Waals surface area (Å²) in [4.78, 5) is 23.7. The SMILES string of the molecule is COCOCC(CCC(=O)NO)NC(=O)c1ccc(Oc2ccccc2)cc1. The van der Waals surface area contributed by atoms with Crippen LogP contribution in [0.4, 0.5) is 0 Å². The molecule has 0 bridgehead atoms. The van der Waals surface area contributed by atoms with E-state index in [1.165, 1.54) is 7.11 Å². The van der Waals surface area contributed by atoms with Gasteiger partial charge in [-0.2, -0.15) is 0 Å². The molecule has 8 nitrogen and oxygen atoms in total. The molecule has 2 aromatic rings. The lowest BCUT2D eigenvalue weighted by Crippen LogP contribution is -2.39. The highest BCUT2D eigenvalue weighted by molar-refractivity contribution is 5.94. The maximum Gasteiger partial charge on any atom is 0.251 e. The van der Waals surface area contributed by atoms with Gasteiger partial charge >= 0.3 is 0 Å². The molecule has 1 atom stereocenters. The Bertz CT molecular complexity index is 736. The van der Waals surface area contributed by atoms with E-state index in [-0.39, 0.29) is 25.7 Å². The zero-order valence-electron chi connectivity index (χ0n) is 15.6. The monoisotopic (exact) mass is 388 g/mol. The number of carbonyl (C=O) groups is 2. The molecule has 2 rings (SSSR count). The van der Waals surface area contributed by atoms with E-state index >= 15 is 0 Å². The predicted molar refractivity (Wildman–Crippen MR) is 101 cm³/mol. The summed E-state index contributed by atoms with van der Waals surface area (Å²) < 4.78 is 15.8. The van der Waals surface area contributed by atoms with Gasteiger partial charge in [0.05, 0.1) is 12.6 Å². The lowest BCUT2D eigenvalue weighted by atomic mass is 10.1. The number of hydrogen-bond donors (Lipinski definition) is 3. The first-order valence-corrected chi connectivity index (χ1v) is 8.76. The molecule has 2 amide bonds. The van der Waals surface area contributed by atoms with Crippen LogP contribution in [0.3, 0.4) is 0 Å². The first-order chi connectivity index (χ1) is 13.6. The van der Waals surface area contributed by atoms with Gasteiger partial charge in [0.25, 0.3) is 5.91 Å². The number of para-hydroxylation sites is 1. The van der Waals surface area contributed by atoms with Crippen molar-refractivity contribution in [2.75, 3.05) is 20.5 Å². The molecule has 0 heterocycles. The van der Waals surface area contributed by atoms with Crippen molar-refractivity contribution < 1.29 is 29.0 Å². The second kappa shape index (κ2) is 11.7. The first kappa shape index (κ1) is 21.4. The summed E-state index contributed by atoms with van der Waals surface area (Å²) in [5, 5.41) is 11.4. The number of hydrogen-bond acceptors (Lipinski definition) is 6. The molecule has 0 saturated carbocycles. The summed E-state index contributed by atoms with van der Waals surface area (Å²) in [7, 11) is 1.49. The third-order valence-corrected chi connectivity index (χ3v) is 3.80. The second-order valence-corrected chi connectivity index (χ2v) is 5.96. The Morgan fingerprint density at radius 2 is 1.71 bits per heavy atom. The Hall–Kier alpha value is -2.94. The van der Waals surface area contributed by atoms with E-state index in [0.29, 0.717) is 23.5 Å². The maximum atomic E-state index is 12.5. The Labute approximate surface area is 163 Å². The van der Waals surface area contributed by atoms with Crippen LogP contribution in [0.1, 0.15) is 23.2 Å². The topological polar surface area (TPSA) is 106 Å². The molecule has 0 aliphatic heterocycles. The lowest BCUT2D eigenvalue weighted by molar-refractivity contribution is -0.129. The number of nitrogens with one attached hydrogen (secondary N) is 2. The Balaban J connectivity index is 1.94. The maximum absolute atomic E-state index is 12.5. The molecule has 0 spiro atoms. The first-order valence-electron chi connectivity index (χ1n) is 8.76. The van der Waals surface area contributed by atoms with Gasteiger partial charge < -0.3 is 19.5 Å². The van der Waals surface area contributed by atoms with Gasteiger partial charge in [0.1, 0.15) is 18.3 Å². The number of rotatable bonds is 11. The fourth-order valence-electron chi connectivity index (χ4n) is 2.40. The van der Waals surface area contributed by atoms with Gasteiger partial charge in [-0.15, -0.1) is 0 Å². The van der Waals surface area contributed by atoms with Crippen molar-refractivity contribution in [3.05, 3.63) is 60.2 Å². The van der Waals surface area contributed by atoms with Gasteiger partial charge in [-0.1, -0.05) is 18.2 Å². The van der Waals surface area contributed by atoms with Crippen LogP contribution in [0, 0.1) is 0 Å². The quantitative estimate of drug-likeness (QED) is 0.236. The molecule has 2 aromatic carbocycles. The number of methoxy groups -OCH3 is 1. The van der Waals surface area contributed by atoms with Gasteiger partial charge in [-0.25, -0.2) is 5.48 Å². The lowest BCUT2D eigenvalue weighted by Gasteiger charge is -2.18. The predicted octanol–water partition coefficient (Wildman–Crippen LogP) is 2.48. The molecule has 8 heteroatoms. The highest BCUT2D eigenvalue weighted by atomic mass is 16.7. The van der Waals surface area contributed by atoms with E-state index in [1.54, 1.807) is 29.7 Å². The van der Waals surface area contributed by atoms with Crippen molar-refractivity contribution in [1.82, 2.24) is 10.8 Å². The smallest absolute Gasteiger partial charge is 0.251 e. The summed E-state index contributed by atoms with van der Waals surface area (Å²) in [6.07, 6.45) is 0.346. The third kappa shape index (κ3) is 7.36. The summed E-state index contributed by atoms with van der Waals surface area (Å²) in [5.41, 5.74) is 2.02. The van der Waals surface area contributed by atoms with Crippen molar-refractivity contribution in [2.24, 2.45) is 0 Å². The van der Waals surface area contributed by atoms with Crippen molar-refractivity contribution >= 4 is 11.8 Å². The zero-order chi connectivity index (χ0) is 20.2. The van der Waals surface area contributed by atoms with Crippen LogP contribution >= 0.6 is 0 Å². The Morgan fingerprint density at radius 1 is 1.04 bits per heavy atom. The third-order valence-electron chi connectivity index (χ3n) is 3.80. The second-order valence-electron chi connectivity index (χ2n) is 5.96. The van der Waals surface area contributed by atoms with Crippen LogP contribution in [-0.4, -0.2) is 43.6 Å². The van der Waals surface area contributed by atoms with Crippen LogP contribution in [0.2, 0.25) is 0 Å². The van der Waals surface area contributed by atoms with Crippen LogP contribution in [0.5, 0.6) is 11.5 Å². The number of hydroxylamine groups is 1. The molecule has 28 heavy (non-hydrogen) atoms. The highest BCUT2D eigenvalue weighted by Crippen LogP contribution is 2.21. The van der Waals surface area contributed by atoms with E-state index in [4.69, 9.17) is 19.4 Å². The van der Waals surface area contributed by atoms with Crippen molar-refractivity contribution in [3.8, 4) is 11.5 Å². The van der Waals surface area contributed by atoms with Crippen LogP contribution in [-0.2, 0) is 14.3 Å². The van der Waals surface area contributed by atoms with Gasteiger partial charge in [0.2, 0.25) is 5.91 Å². The van der Waals surface area contributed by atoms with Gasteiger partial charge in [0, 0.05) is 19.1 Å². The molecule has 0 saturated heterocycles. The van der Waals surface area contributed by atoms with Crippen molar-refractivity contribution in [3.63, 3.8) is 0 Å². The molecular formula is C20H24N2O6. The normalized spacial score (nSPS) is 11.5. The van der Waals surface area contributed by atoms with E-state index < -0.39 is 11.9 Å². The number of carbonyl (C=O) groups excluding carboxylic acids is 2. The molecular weight excluding hydrogens is 364 g/mol. The molecule has 150 valence electrons. The summed E-state index contributed by atoms with van der Waals surface area (Å²) in [5.74, 6) is 0.481. The molecule has 0 radical (unpaired) electrons. The fraction of sp³-hybridized carbons (Fsp3) is 0.300. The molecule has 0 aliphatic carbocycles. The molecule has 0 aliphatic rings. The van der Waals surface area contributed by atoms with Crippen molar-refractivity contribution in [2.45, 2.75) is 18.9 Å². The Kier molecular flexibility index (Phi) is 8.93. The molecule has 3 N–H and O–H groups in total. The summed E-state index contributed by atoms with van der Waals surface area (Å²) >= 11 is 0. The van der Waals surface area contributed by atoms with Crippen LogP contribution in [0.25, 0.3) is 0 Å². The van der Waals surface area contributed by atoms with E-state index in [0.717, 1.165) is 0 Å². The summed E-state index contributed by atoms with van der Waals surface area (Å²) in [6.45, 7) is 0.248. The minimum absolute atomic E-state index is 0.0433. The molecule has 1 unspecified atom stereocenters. The minimum Gasteiger partial charge on any atom is -0.457 e. The van der Waals surface area contributed by atoms with E-state index in [2.05, 4.69) is 5.32 Å². The standard InChI is InChI=1S/C20H24N2O6/c1-26-14-27-13-16(9-12-19(23)22-25)21-20(24)15-7-10-18(11-8-15)28-17-5-3-2-4-6-17/h2-8,10-11,16,25H,9,12-14H2,1H3,(H,21,24)(H,22,23). The zero-order valence-corrected chi connectivity index (χ0v) is 15.6. The van der Waals surface area contributed by atoms with Crippen molar-refractivity contribution in [1.29, 1.82) is 0 Å². The Morgan fingerprint density at radius 3 is 2.36 bits per heavy atom. The largest absolute Gasteiger partial charge is 0.457 e. The van der Waals surface area contributed by atoms with E-state index in [9.17, 15) is 9.59 Å². The summed E-state index contributed by atoms with van der Waals surface area (Å²) in [6, 6.07) is 15.6. The average Bonchev–Trinajstić information content (AvgIpc) is 2.73. The molecule has 0 aromatic heterocycles.